The molecule has 3 nitrogen and oxygen atoms in total. The number of benzene rings is 1. The minimum absolute atomic E-state index is 0.176. The first-order valence-electron chi connectivity index (χ1n) is 5.39. The largest absolute Gasteiger partial charge is 0.341 e. The first-order valence-corrected chi connectivity index (χ1v) is 5.39. The summed E-state index contributed by atoms with van der Waals surface area (Å²) >= 11 is 0. The molecule has 0 spiro atoms. The number of hydrogen-bond acceptors (Lipinski definition) is 2. The first kappa shape index (κ1) is 12.0. The van der Waals surface area contributed by atoms with Crippen LogP contribution >= 0.6 is 0 Å². The van der Waals surface area contributed by atoms with Gasteiger partial charge in [0.2, 0.25) is 0 Å². The highest BCUT2D eigenvalue weighted by Crippen LogP contribution is 2.30. The molecule has 5 heteroatoms. The van der Waals surface area contributed by atoms with Crippen LogP contribution in [0.1, 0.15) is 32.6 Å². The van der Waals surface area contributed by atoms with Crippen molar-refractivity contribution in [3.63, 3.8) is 0 Å². The lowest BCUT2D eigenvalue weighted by Gasteiger charge is -2.24. The van der Waals surface area contributed by atoms with Crippen LogP contribution < -0.4 is 5.73 Å². The number of hydrogen-bond donors (Lipinski definition) is 2. The second-order valence-corrected chi connectivity index (χ2v) is 5.25. The standard InChI is InChI=1S/C12H15F2N3/c1-12(2,3)10(15)11-16-8-4-6(13)7(14)5-9(8)17-11/h4-5,10H,15H2,1-3H3,(H,16,17). The van der Waals surface area contributed by atoms with Gasteiger partial charge in [0.15, 0.2) is 11.6 Å². The average Bonchev–Trinajstić information content (AvgIpc) is 2.59. The predicted molar refractivity (Wildman–Crippen MR) is 62.4 cm³/mol. The Labute approximate surface area is 98.0 Å². The number of rotatable bonds is 1. The van der Waals surface area contributed by atoms with Gasteiger partial charge in [-0.15, -0.1) is 0 Å². The lowest BCUT2D eigenvalue weighted by Crippen LogP contribution is -2.27. The summed E-state index contributed by atoms with van der Waals surface area (Å²) in [5.74, 6) is -1.26. The van der Waals surface area contributed by atoms with E-state index in [9.17, 15) is 8.78 Å². The highest BCUT2D eigenvalue weighted by molar-refractivity contribution is 5.75. The fourth-order valence-electron chi connectivity index (χ4n) is 1.58. The van der Waals surface area contributed by atoms with Gasteiger partial charge in [0.25, 0.3) is 0 Å². The molecule has 1 atom stereocenters. The van der Waals surface area contributed by atoms with Gasteiger partial charge in [0.05, 0.1) is 17.1 Å². The summed E-state index contributed by atoms with van der Waals surface area (Å²) in [5, 5.41) is 0. The summed E-state index contributed by atoms with van der Waals surface area (Å²) in [6.07, 6.45) is 0. The summed E-state index contributed by atoms with van der Waals surface area (Å²) < 4.78 is 26.1. The van der Waals surface area contributed by atoms with Crippen molar-refractivity contribution in [1.82, 2.24) is 9.97 Å². The molecule has 0 aliphatic carbocycles. The van der Waals surface area contributed by atoms with E-state index in [-0.39, 0.29) is 11.5 Å². The van der Waals surface area contributed by atoms with E-state index in [0.29, 0.717) is 16.9 Å². The molecule has 0 saturated carbocycles. The average molecular weight is 239 g/mol. The zero-order valence-corrected chi connectivity index (χ0v) is 10.0. The number of aromatic amines is 1. The van der Waals surface area contributed by atoms with Crippen LogP contribution in [0, 0.1) is 17.0 Å². The SMILES string of the molecule is CC(C)(C)C(N)c1nc2cc(F)c(F)cc2[nH]1. The number of nitrogens with two attached hydrogens (primary N) is 1. The van der Waals surface area contributed by atoms with Gasteiger partial charge >= 0.3 is 0 Å². The number of imidazole rings is 1. The van der Waals surface area contributed by atoms with Crippen LogP contribution in [0.5, 0.6) is 0 Å². The third kappa shape index (κ3) is 2.15. The molecule has 0 amide bonds. The minimum Gasteiger partial charge on any atom is -0.341 e. The van der Waals surface area contributed by atoms with Gasteiger partial charge in [-0.05, 0) is 5.41 Å². The Morgan fingerprint density at radius 3 is 2.41 bits per heavy atom. The maximum Gasteiger partial charge on any atom is 0.161 e. The molecule has 0 saturated heterocycles. The normalized spacial score (nSPS) is 14.2. The smallest absolute Gasteiger partial charge is 0.161 e. The summed E-state index contributed by atoms with van der Waals surface area (Å²) in [6.45, 7) is 5.93. The molecule has 2 rings (SSSR count). The predicted octanol–water partition coefficient (Wildman–Crippen LogP) is 2.89. The maximum absolute atomic E-state index is 13.0. The van der Waals surface area contributed by atoms with E-state index in [1.54, 1.807) is 0 Å². The van der Waals surface area contributed by atoms with Crippen molar-refractivity contribution >= 4 is 11.0 Å². The van der Waals surface area contributed by atoms with E-state index in [1.807, 2.05) is 20.8 Å². The van der Waals surface area contributed by atoms with Gasteiger partial charge in [0.1, 0.15) is 5.82 Å². The Balaban J connectivity index is 2.52. The van der Waals surface area contributed by atoms with Gasteiger partial charge in [-0.25, -0.2) is 13.8 Å². The molecule has 0 aliphatic rings. The third-order valence-electron chi connectivity index (χ3n) is 2.77. The van der Waals surface area contributed by atoms with Crippen LogP contribution in [0.4, 0.5) is 8.78 Å². The van der Waals surface area contributed by atoms with Gasteiger partial charge < -0.3 is 10.7 Å². The van der Waals surface area contributed by atoms with Crippen molar-refractivity contribution in [3.05, 3.63) is 29.6 Å². The van der Waals surface area contributed by atoms with Crippen LogP contribution in [-0.4, -0.2) is 9.97 Å². The monoisotopic (exact) mass is 239 g/mol. The number of H-pyrrole nitrogens is 1. The molecule has 0 fully saturated rings. The van der Waals surface area contributed by atoms with Crippen LogP contribution in [0.3, 0.4) is 0 Å². The fraction of sp³-hybridized carbons (Fsp3) is 0.417. The molecular formula is C12H15F2N3. The van der Waals surface area contributed by atoms with E-state index >= 15 is 0 Å². The number of halogens is 2. The molecule has 1 unspecified atom stereocenters. The number of nitrogens with zero attached hydrogens (tertiary/aromatic N) is 1. The Hall–Kier alpha value is -1.49. The fourth-order valence-corrected chi connectivity index (χ4v) is 1.58. The number of fused-ring (bicyclic) bond motifs is 1. The summed E-state index contributed by atoms with van der Waals surface area (Å²) in [6, 6.07) is 1.84. The Morgan fingerprint density at radius 1 is 1.24 bits per heavy atom. The Bertz CT molecular complexity index is 516. The van der Waals surface area contributed by atoms with Crippen molar-refractivity contribution in [3.8, 4) is 0 Å². The van der Waals surface area contributed by atoms with Gasteiger partial charge in [-0.2, -0.15) is 0 Å². The van der Waals surface area contributed by atoms with E-state index in [1.165, 1.54) is 0 Å². The summed E-state index contributed by atoms with van der Waals surface area (Å²) in [4.78, 5) is 7.12. The summed E-state index contributed by atoms with van der Waals surface area (Å²) in [7, 11) is 0. The quantitative estimate of drug-likeness (QED) is 0.804. The highest BCUT2D eigenvalue weighted by atomic mass is 19.2. The van der Waals surface area contributed by atoms with E-state index in [2.05, 4.69) is 9.97 Å². The second-order valence-electron chi connectivity index (χ2n) is 5.25. The lowest BCUT2D eigenvalue weighted by molar-refractivity contribution is 0.317. The third-order valence-corrected chi connectivity index (χ3v) is 2.77. The number of aromatic nitrogens is 2. The minimum atomic E-state index is -0.903. The molecule has 1 aromatic heterocycles. The van der Waals surface area contributed by atoms with E-state index < -0.39 is 11.6 Å². The zero-order valence-electron chi connectivity index (χ0n) is 10.0. The molecular weight excluding hydrogens is 224 g/mol. The molecule has 17 heavy (non-hydrogen) atoms. The molecule has 1 heterocycles. The van der Waals surface area contributed by atoms with Crippen LogP contribution in [0.25, 0.3) is 11.0 Å². The zero-order chi connectivity index (χ0) is 12.8. The van der Waals surface area contributed by atoms with Crippen LogP contribution in [-0.2, 0) is 0 Å². The number of nitrogens with one attached hydrogen (secondary N) is 1. The molecule has 1 aromatic carbocycles. The Kier molecular flexibility index (Phi) is 2.66. The van der Waals surface area contributed by atoms with Crippen LogP contribution in [0.15, 0.2) is 12.1 Å². The van der Waals surface area contributed by atoms with Crippen molar-refractivity contribution in [2.24, 2.45) is 11.1 Å². The lowest BCUT2D eigenvalue weighted by atomic mass is 9.87. The van der Waals surface area contributed by atoms with E-state index in [0.717, 1.165) is 12.1 Å². The van der Waals surface area contributed by atoms with Crippen molar-refractivity contribution in [1.29, 1.82) is 0 Å². The Morgan fingerprint density at radius 2 is 1.82 bits per heavy atom. The van der Waals surface area contributed by atoms with Gasteiger partial charge in [-0.3, -0.25) is 0 Å². The molecule has 3 N–H and O–H groups in total. The molecule has 0 radical (unpaired) electrons. The van der Waals surface area contributed by atoms with Crippen molar-refractivity contribution in [2.75, 3.05) is 0 Å². The van der Waals surface area contributed by atoms with Gasteiger partial charge in [0, 0.05) is 12.1 Å². The molecule has 0 bridgehead atoms. The molecule has 0 aliphatic heterocycles. The van der Waals surface area contributed by atoms with Crippen molar-refractivity contribution < 1.29 is 8.78 Å². The molecule has 92 valence electrons. The van der Waals surface area contributed by atoms with Crippen LogP contribution in [0.2, 0.25) is 0 Å². The first-order chi connectivity index (χ1) is 7.79. The maximum atomic E-state index is 13.0. The topological polar surface area (TPSA) is 54.7 Å². The van der Waals surface area contributed by atoms with E-state index in [4.69, 9.17) is 5.73 Å². The van der Waals surface area contributed by atoms with Gasteiger partial charge in [-0.1, -0.05) is 20.8 Å². The summed E-state index contributed by atoms with van der Waals surface area (Å²) in [5.41, 5.74) is 6.70. The highest BCUT2D eigenvalue weighted by Gasteiger charge is 2.25. The second kappa shape index (κ2) is 3.77. The van der Waals surface area contributed by atoms with Crippen molar-refractivity contribution in [2.45, 2.75) is 26.8 Å². The molecule has 2 aromatic rings.